The third-order valence-corrected chi connectivity index (χ3v) is 4.25. The number of anilines is 1. The molecule has 2 aromatic carbocycles. The SMILES string of the molecule is CC(C)=O.Nc1cc2ccc(S(=O)(=O)O)cc2cc1S(=O)(=O)[O-].[Na+]. The number of Topliss-reactive ketones (excluding diaryl/α,β-unsaturated/α-hetero) is 1. The molecule has 0 saturated heterocycles. The molecule has 0 unspecified atom stereocenters. The van der Waals surface area contributed by atoms with E-state index in [0.29, 0.717) is 5.39 Å². The Morgan fingerprint density at radius 1 is 1.04 bits per heavy atom. The summed E-state index contributed by atoms with van der Waals surface area (Å²) in [5.74, 6) is 0.167. The molecule has 126 valence electrons. The van der Waals surface area contributed by atoms with E-state index in [1.807, 2.05) is 0 Å². The molecule has 0 saturated carbocycles. The summed E-state index contributed by atoms with van der Waals surface area (Å²) >= 11 is 0. The molecule has 2 rings (SSSR count). The van der Waals surface area contributed by atoms with Gasteiger partial charge in [-0.05, 0) is 48.9 Å². The monoisotopic (exact) mass is 383 g/mol. The number of hydrogen-bond acceptors (Lipinski definition) is 7. The van der Waals surface area contributed by atoms with E-state index >= 15 is 0 Å². The smallest absolute Gasteiger partial charge is 0.744 e. The maximum atomic E-state index is 11.0. The van der Waals surface area contributed by atoms with Gasteiger partial charge < -0.3 is 15.1 Å². The summed E-state index contributed by atoms with van der Waals surface area (Å²) in [6.07, 6.45) is 0. The van der Waals surface area contributed by atoms with Crippen LogP contribution in [0.1, 0.15) is 13.8 Å². The fourth-order valence-electron chi connectivity index (χ4n) is 1.65. The van der Waals surface area contributed by atoms with Crippen LogP contribution in [-0.2, 0) is 25.0 Å². The first-order valence-electron chi connectivity index (χ1n) is 6.06. The molecular weight excluding hydrogens is 369 g/mol. The van der Waals surface area contributed by atoms with Gasteiger partial charge in [-0.2, -0.15) is 8.42 Å². The van der Waals surface area contributed by atoms with Crippen LogP contribution >= 0.6 is 0 Å². The Kier molecular flexibility index (Phi) is 8.03. The van der Waals surface area contributed by atoms with Gasteiger partial charge in [0.05, 0.1) is 9.79 Å². The molecule has 0 aliphatic carbocycles. The zero-order valence-electron chi connectivity index (χ0n) is 13.2. The van der Waals surface area contributed by atoms with Gasteiger partial charge in [0.2, 0.25) is 0 Å². The molecule has 0 aromatic heterocycles. The van der Waals surface area contributed by atoms with Crippen LogP contribution in [0.25, 0.3) is 10.8 Å². The molecule has 3 N–H and O–H groups in total. The maximum Gasteiger partial charge on any atom is 1.00 e. The number of hydrogen-bond donors (Lipinski definition) is 2. The second kappa shape index (κ2) is 8.39. The number of fused-ring (bicyclic) bond motifs is 1. The fourth-order valence-corrected chi connectivity index (χ4v) is 2.78. The molecule has 0 amide bonds. The Bertz CT molecular complexity index is 965. The van der Waals surface area contributed by atoms with E-state index in [9.17, 15) is 26.2 Å². The number of nitrogen functional groups attached to an aromatic ring is 1. The Morgan fingerprint density at radius 3 is 1.96 bits per heavy atom. The van der Waals surface area contributed by atoms with E-state index in [1.165, 1.54) is 26.0 Å². The summed E-state index contributed by atoms with van der Waals surface area (Å²) in [5, 5.41) is 0.607. The van der Waals surface area contributed by atoms with Crippen LogP contribution in [0.15, 0.2) is 40.1 Å². The third-order valence-electron chi connectivity index (χ3n) is 2.51. The van der Waals surface area contributed by atoms with Crippen LogP contribution in [0.3, 0.4) is 0 Å². The van der Waals surface area contributed by atoms with E-state index in [1.54, 1.807) is 0 Å². The molecule has 2 aromatic rings. The van der Waals surface area contributed by atoms with Crippen molar-refractivity contribution in [2.45, 2.75) is 23.6 Å². The standard InChI is InChI=1S/C10H9NO6S2.C3H6O.Na/c11-9-4-6-1-2-8(18(12,13)14)3-7(6)5-10(9)19(15,16)17;1-3(2)4;/h1-5H,11H2,(H,12,13,14)(H,15,16,17);1-2H3;/q;;+1/p-1. The van der Waals surface area contributed by atoms with Gasteiger partial charge in [-0.1, -0.05) is 6.07 Å². The van der Waals surface area contributed by atoms with Gasteiger partial charge in [0.1, 0.15) is 15.9 Å². The van der Waals surface area contributed by atoms with Gasteiger partial charge in [0.15, 0.2) is 0 Å². The van der Waals surface area contributed by atoms with Crippen LogP contribution < -0.4 is 35.3 Å². The van der Waals surface area contributed by atoms with Crippen molar-refractivity contribution in [3.63, 3.8) is 0 Å². The summed E-state index contributed by atoms with van der Waals surface area (Å²) in [7, 11) is -9.17. The average molecular weight is 383 g/mol. The molecule has 11 heteroatoms. The van der Waals surface area contributed by atoms with E-state index in [4.69, 9.17) is 10.3 Å². The Morgan fingerprint density at radius 2 is 1.54 bits per heavy atom. The first kappa shape index (κ1) is 23.0. The number of rotatable bonds is 2. The molecular formula is C13H14NNaO7S2. The van der Waals surface area contributed by atoms with Crippen LogP contribution in [-0.4, -0.2) is 31.7 Å². The van der Waals surface area contributed by atoms with Gasteiger partial charge in [0, 0.05) is 5.69 Å². The predicted molar refractivity (Wildman–Crippen MR) is 82.5 cm³/mol. The number of benzene rings is 2. The van der Waals surface area contributed by atoms with Gasteiger partial charge in [-0.25, -0.2) is 8.42 Å². The van der Waals surface area contributed by atoms with Gasteiger partial charge in [0.25, 0.3) is 10.1 Å². The number of carbonyl (C=O) groups is 1. The summed E-state index contributed by atoms with van der Waals surface area (Å²) in [6, 6.07) is 5.76. The third kappa shape index (κ3) is 6.48. The van der Waals surface area contributed by atoms with Crippen molar-refractivity contribution >= 4 is 42.5 Å². The van der Waals surface area contributed by atoms with Crippen LogP contribution in [0.4, 0.5) is 5.69 Å². The Balaban J connectivity index is 0.000000954. The normalized spacial score (nSPS) is 11.2. The molecule has 0 atom stereocenters. The van der Waals surface area contributed by atoms with E-state index < -0.39 is 30.0 Å². The quantitative estimate of drug-likeness (QED) is 0.349. The van der Waals surface area contributed by atoms with Crippen molar-refractivity contribution in [2.75, 3.05) is 5.73 Å². The second-order valence-corrected chi connectivity index (χ2v) is 7.51. The zero-order chi connectivity index (χ0) is 18.0. The molecule has 0 spiro atoms. The topological polar surface area (TPSA) is 155 Å². The first-order chi connectivity index (χ1) is 10.3. The minimum atomic E-state index is -4.76. The van der Waals surface area contributed by atoms with Gasteiger partial charge in [-0.15, -0.1) is 0 Å². The molecule has 0 aliphatic rings. The van der Waals surface area contributed by atoms with Crippen molar-refractivity contribution in [1.29, 1.82) is 0 Å². The molecule has 0 fully saturated rings. The zero-order valence-corrected chi connectivity index (χ0v) is 16.8. The average Bonchev–Trinajstić information content (AvgIpc) is 2.34. The number of carbonyl (C=O) groups excluding carboxylic acids is 1. The van der Waals surface area contributed by atoms with Gasteiger partial charge >= 0.3 is 29.6 Å². The van der Waals surface area contributed by atoms with E-state index in [2.05, 4.69) is 0 Å². The molecule has 0 aliphatic heterocycles. The summed E-state index contributed by atoms with van der Waals surface area (Å²) in [6.45, 7) is 3.06. The van der Waals surface area contributed by atoms with Crippen LogP contribution in [0.2, 0.25) is 0 Å². The summed E-state index contributed by atoms with van der Waals surface area (Å²) < 4.78 is 63.8. The minimum Gasteiger partial charge on any atom is -0.744 e. The Labute approximate surface area is 161 Å². The Hall–Kier alpha value is -1.01. The predicted octanol–water partition coefficient (Wildman–Crippen LogP) is -1.83. The van der Waals surface area contributed by atoms with Crippen LogP contribution in [0.5, 0.6) is 0 Å². The van der Waals surface area contributed by atoms with Crippen molar-refractivity contribution in [3.8, 4) is 0 Å². The summed E-state index contributed by atoms with van der Waals surface area (Å²) in [5.41, 5.74) is 5.23. The summed E-state index contributed by atoms with van der Waals surface area (Å²) in [4.78, 5) is 8.41. The molecule has 8 nitrogen and oxygen atoms in total. The molecule has 0 bridgehead atoms. The largest absolute Gasteiger partial charge is 1.00 e. The van der Waals surface area contributed by atoms with Crippen molar-refractivity contribution < 1.29 is 60.3 Å². The fraction of sp³-hybridized carbons (Fsp3) is 0.154. The van der Waals surface area contributed by atoms with E-state index in [0.717, 1.165) is 18.2 Å². The maximum absolute atomic E-state index is 11.0. The van der Waals surface area contributed by atoms with Crippen molar-refractivity contribution in [3.05, 3.63) is 30.3 Å². The van der Waals surface area contributed by atoms with Crippen LogP contribution in [0, 0.1) is 0 Å². The van der Waals surface area contributed by atoms with Crippen molar-refractivity contribution in [2.24, 2.45) is 0 Å². The second-order valence-electron chi connectivity index (χ2n) is 4.74. The van der Waals surface area contributed by atoms with Gasteiger partial charge in [-0.3, -0.25) is 4.55 Å². The first-order valence-corrected chi connectivity index (χ1v) is 8.91. The number of ketones is 1. The van der Waals surface area contributed by atoms with E-state index in [-0.39, 0.29) is 46.4 Å². The van der Waals surface area contributed by atoms with Crippen molar-refractivity contribution in [1.82, 2.24) is 0 Å². The number of nitrogens with two attached hydrogens (primary N) is 1. The molecule has 0 heterocycles. The molecule has 0 radical (unpaired) electrons. The molecule has 24 heavy (non-hydrogen) atoms. The minimum absolute atomic E-state index is 0.